The first-order chi connectivity index (χ1) is 10.1. The van der Waals surface area contributed by atoms with E-state index in [0.717, 1.165) is 3.77 Å². The fourth-order valence-electron chi connectivity index (χ4n) is 1.67. The minimum atomic E-state index is -0.256. The molecule has 0 radical (unpaired) electrons. The predicted molar refractivity (Wildman–Crippen MR) is 88.6 cm³/mol. The molecule has 0 aliphatic carbocycles. The minimum Gasteiger partial charge on any atom is -0.493 e. The van der Waals surface area contributed by atoms with Crippen LogP contribution in [0.4, 0.5) is 5.69 Å². The van der Waals surface area contributed by atoms with E-state index < -0.39 is 0 Å². The molecule has 0 aliphatic heterocycles. The molecule has 6 heteroatoms. The van der Waals surface area contributed by atoms with Crippen LogP contribution in [-0.4, -0.2) is 20.1 Å². The van der Waals surface area contributed by atoms with Crippen LogP contribution in [-0.2, 0) is 4.79 Å². The summed E-state index contributed by atoms with van der Waals surface area (Å²) in [5, 5.41) is 2.74. The topological polar surface area (TPSA) is 60.7 Å². The van der Waals surface area contributed by atoms with Gasteiger partial charge in [0.15, 0.2) is 15.3 Å². The monoisotopic (exact) mass is 399 g/mol. The maximum absolute atomic E-state index is 11.8. The van der Waals surface area contributed by atoms with Crippen molar-refractivity contribution in [3.63, 3.8) is 0 Å². The first-order valence-corrected chi connectivity index (χ1v) is 7.16. The highest BCUT2D eigenvalue weighted by molar-refractivity contribution is 14.1. The van der Waals surface area contributed by atoms with E-state index in [1.54, 1.807) is 44.6 Å². The summed E-state index contributed by atoms with van der Waals surface area (Å²) >= 11 is 2.06. The molecule has 1 amide bonds. The van der Waals surface area contributed by atoms with Gasteiger partial charge in [-0.2, -0.15) is 0 Å². The lowest BCUT2D eigenvalue weighted by atomic mass is 10.2. The van der Waals surface area contributed by atoms with Gasteiger partial charge in [0, 0.05) is 17.8 Å². The second kappa shape index (κ2) is 7.16. The summed E-state index contributed by atoms with van der Waals surface area (Å²) < 4.78 is 16.4. The number of carbonyl (C=O) groups excluding carboxylic acids is 1. The standard InChI is InChI=1S/C15H14INO4/c1-19-12-6-3-10(9-13(12)20-2)17-15(18)8-5-11-4-7-14(16)21-11/h3-9H,1-2H3,(H,17,18). The lowest BCUT2D eigenvalue weighted by Gasteiger charge is -2.09. The highest BCUT2D eigenvalue weighted by Gasteiger charge is 2.06. The van der Waals surface area contributed by atoms with Crippen LogP contribution in [0, 0.1) is 3.77 Å². The first-order valence-electron chi connectivity index (χ1n) is 6.09. The van der Waals surface area contributed by atoms with Crippen molar-refractivity contribution in [2.45, 2.75) is 0 Å². The second-order valence-electron chi connectivity index (χ2n) is 4.03. The summed E-state index contributed by atoms with van der Waals surface area (Å²) in [7, 11) is 3.10. The van der Waals surface area contributed by atoms with Gasteiger partial charge in [0.05, 0.1) is 14.2 Å². The molecule has 0 atom stereocenters. The Morgan fingerprint density at radius 3 is 2.57 bits per heavy atom. The summed E-state index contributed by atoms with van der Waals surface area (Å²) in [6.45, 7) is 0. The number of furan rings is 1. The minimum absolute atomic E-state index is 0.256. The Kier molecular flexibility index (Phi) is 5.26. The number of halogens is 1. The van der Waals surface area contributed by atoms with Gasteiger partial charge in [-0.3, -0.25) is 4.79 Å². The van der Waals surface area contributed by atoms with E-state index in [2.05, 4.69) is 27.9 Å². The largest absolute Gasteiger partial charge is 0.493 e. The van der Waals surface area contributed by atoms with Crippen molar-refractivity contribution in [3.8, 4) is 11.5 Å². The smallest absolute Gasteiger partial charge is 0.248 e. The van der Waals surface area contributed by atoms with E-state index in [1.807, 2.05) is 6.07 Å². The summed E-state index contributed by atoms with van der Waals surface area (Å²) in [6.07, 6.45) is 3.02. The summed E-state index contributed by atoms with van der Waals surface area (Å²) in [4.78, 5) is 11.8. The zero-order chi connectivity index (χ0) is 15.2. The molecule has 1 heterocycles. The SMILES string of the molecule is COc1ccc(NC(=O)C=Cc2ccc(I)o2)cc1OC. The molecule has 1 aromatic heterocycles. The Hall–Kier alpha value is -1.96. The fourth-order valence-corrected chi connectivity index (χ4v) is 2.11. The Bertz CT molecular complexity index is 663. The van der Waals surface area contributed by atoms with Gasteiger partial charge >= 0.3 is 0 Å². The Balaban J connectivity index is 2.04. The molecule has 2 aromatic rings. The normalized spacial score (nSPS) is 10.6. The summed E-state index contributed by atoms with van der Waals surface area (Å²) in [6, 6.07) is 8.78. The number of rotatable bonds is 5. The first kappa shape index (κ1) is 15.4. The van der Waals surface area contributed by atoms with Crippen LogP contribution in [0.3, 0.4) is 0 Å². The molecule has 5 nitrogen and oxygen atoms in total. The van der Waals surface area contributed by atoms with Crippen molar-refractivity contribution < 1.29 is 18.7 Å². The molecular formula is C15H14INO4. The van der Waals surface area contributed by atoms with Crippen LogP contribution >= 0.6 is 22.6 Å². The average molecular weight is 399 g/mol. The number of ether oxygens (including phenoxy) is 2. The van der Waals surface area contributed by atoms with Crippen molar-refractivity contribution in [2.75, 3.05) is 19.5 Å². The van der Waals surface area contributed by atoms with Crippen LogP contribution in [0.1, 0.15) is 5.76 Å². The average Bonchev–Trinajstić information content (AvgIpc) is 2.90. The quantitative estimate of drug-likeness (QED) is 0.617. The lowest BCUT2D eigenvalue weighted by molar-refractivity contribution is -0.111. The molecule has 0 bridgehead atoms. The summed E-state index contributed by atoms with van der Waals surface area (Å²) in [5.74, 6) is 1.53. The van der Waals surface area contributed by atoms with Crippen LogP contribution in [0.5, 0.6) is 11.5 Å². The number of amides is 1. The maximum atomic E-state index is 11.8. The predicted octanol–water partition coefficient (Wildman–Crippen LogP) is 3.55. The van der Waals surface area contributed by atoms with Gasteiger partial charge in [-0.1, -0.05) is 0 Å². The number of hydrogen-bond donors (Lipinski definition) is 1. The van der Waals surface area contributed by atoms with Crippen LogP contribution in [0.25, 0.3) is 6.08 Å². The van der Waals surface area contributed by atoms with Crippen molar-refractivity contribution >= 4 is 40.3 Å². The zero-order valence-electron chi connectivity index (χ0n) is 11.6. The summed E-state index contributed by atoms with van der Waals surface area (Å²) in [5.41, 5.74) is 0.622. The van der Waals surface area contributed by atoms with Gasteiger partial charge in [-0.15, -0.1) is 0 Å². The zero-order valence-corrected chi connectivity index (χ0v) is 13.7. The third-order valence-electron chi connectivity index (χ3n) is 2.64. The van der Waals surface area contributed by atoms with Crippen molar-refractivity contribution in [1.29, 1.82) is 0 Å². The Morgan fingerprint density at radius 1 is 1.19 bits per heavy atom. The van der Waals surface area contributed by atoms with Gasteiger partial charge in [0.1, 0.15) is 5.76 Å². The number of hydrogen-bond acceptors (Lipinski definition) is 4. The fraction of sp³-hybridized carbons (Fsp3) is 0.133. The third-order valence-corrected chi connectivity index (χ3v) is 3.22. The van der Waals surface area contributed by atoms with Gasteiger partial charge < -0.3 is 19.2 Å². The van der Waals surface area contributed by atoms with Crippen molar-refractivity contribution in [3.05, 3.63) is 45.9 Å². The van der Waals surface area contributed by atoms with Gasteiger partial charge in [0.25, 0.3) is 0 Å². The molecule has 21 heavy (non-hydrogen) atoms. The molecule has 0 fully saturated rings. The third kappa shape index (κ3) is 4.25. The Morgan fingerprint density at radius 2 is 1.95 bits per heavy atom. The molecule has 0 unspecified atom stereocenters. The van der Waals surface area contributed by atoms with Gasteiger partial charge in [0.2, 0.25) is 5.91 Å². The molecule has 1 N–H and O–H groups in total. The molecule has 0 saturated carbocycles. The molecule has 0 spiro atoms. The van der Waals surface area contributed by atoms with E-state index in [-0.39, 0.29) is 5.91 Å². The number of anilines is 1. The van der Waals surface area contributed by atoms with E-state index >= 15 is 0 Å². The highest BCUT2D eigenvalue weighted by Crippen LogP contribution is 2.29. The van der Waals surface area contributed by atoms with Crippen LogP contribution < -0.4 is 14.8 Å². The molecular weight excluding hydrogens is 385 g/mol. The molecule has 0 aliphatic rings. The molecule has 1 aromatic carbocycles. The number of benzene rings is 1. The van der Waals surface area contributed by atoms with Crippen molar-refractivity contribution in [1.82, 2.24) is 0 Å². The maximum Gasteiger partial charge on any atom is 0.248 e. The number of methoxy groups -OCH3 is 2. The van der Waals surface area contributed by atoms with Crippen LogP contribution in [0.2, 0.25) is 0 Å². The van der Waals surface area contributed by atoms with E-state index in [1.165, 1.54) is 6.08 Å². The highest BCUT2D eigenvalue weighted by atomic mass is 127. The second-order valence-corrected chi connectivity index (χ2v) is 5.10. The van der Waals surface area contributed by atoms with E-state index in [9.17, 15) is 4.79 Å². The molecule has 0 saturated heterocycles. The van der Waals surface area contributed by atoms with Gasteiger partial charge in [-0.05, 0) is 52.9 Å². The van der Waals surface area contributed by atoms with E-state index in [0.29, 0.717) is 22.9 Å². The van der Waals surface area contributed by atoms with Gasteiger partial charge in [-0.25, -0.2) is 0 Å². The van der Waals surface area contributed by atoms with Crippen LogP contribution in [0.15, 0.2) is 40.8 Å². The Labute approximate surface area is 136 Å². The van der Waals surface area contributed by atoms with E-state index in [4.69, 9.17) is 13.9 Å². The molecule has 2 rings (SSSR count). The van der Waals surface area contributed by atoms with Crippen molar-refractivity contribution in [2.24, 2.45) is 0 Å². The lowest BCUT2D eigenvalue weighted by Crippen LogP contribution is -2.07. The molecule has 110 valence electrons. The number of nitrogens with one attached hydrogen (secondary N) is 1. The number of carbonyl (C=O) groups is 1.